The van der Waals surface area contributed by atoms with Crippen molar-refractivity contribution in [1.29, 1.82) is 0 Å². The lowest BCUT2D eigenvalue weighted by molar-refractivity contribution is 0.160. The first kappa shape index (κ1) is 15.4. The molecule has 3 heterocycles. The summed E-state index contributed by atoms with van der Waals surface area (Å²) in [6.07, 6.45) is 6.55. The van der Waals surface area contributed by atoms with Gasteiger partial charge in [-0.1, -0.05) is 0 Å². The van der Waals surface area contributed by atoms with Crippen molar-refractivity contribution in [2.24, 2.45) is 5.92 Å². The SMILES string of the molecule is CCNC(=O)N1CCCC(Cn2c(C3CC3)nc3cccnc32)C1. The number of piperidine rings is 1. The zero-order valence-corrected chi connectivity index (χ0v) is 14.2. The van der Waals surface area contributed by atoms with Gasteiger partial charge in [0.25, 0.3) is 0 Å². The fourth-order valence-electron chi connectivity index (χ4n) is 3.73. The van der Waals surface area contributed by atoms with Crippen LogP contribution in [0.5, 0.6) is 0 Å². The molecule has 2 aromatic rings. The van der Waals surface area contributed by atoms with Gasteiger partial charge < -0.3 is 14.8 Å². The number of nitrogens with one attached hydrogen (secondary N) is 1. The summed E-state index contributed by atoms with van der Waals surface area (Å²) in [6, 6.07) is 4.07. The van der Waals surface area contributed by atoms with Gasteiger partial charge in [-0.15, -0.1) is 0 Å². The summed E-state index contributed by atoms with van der Waals surface area (Å²) in [7, 11) is 0. The average molecular weight is 327 g/mol. The van der Waals surface area contributed by atoms with Crippen LogP contribution in [0.3, 0.4) is 0 Å². The number of carbonyl (C=O) groups excluding carboxylic acids is 1. The highest BCUT2D eigenvalue weighted by molar-refractivity contribution is 5.74. The van der Waals surface area contributed by atoms with Crippen molar-refractivity contribution in [1.82, 2.24) is 24.8 Å². The summed E-state index contributed by atoms with van der Waals surface area (Å²) in [4.78, 5) is 23.5. The van der Waals surface area contributed by atoms with Gasteiger partial charge in [-0.3, -0.25) is 0 Å². The normalized spacial score (nSPS) is 21.2. The van der Waals surface area contributed by atoms with Crippen LogP contribution in [-0.2, 0) is 6.54 Å². The Balaban J connectivity index is 1.55. The summed E-state index contributed by atoms with van der Waals surface area (Å²) in [6.45, 7) is 5.24. The van der Waals surface area contributed by atoms with E-state index >= 15 is 0 Å². The van der Waals surface area contributed by atoms with Crippen LogP contribution in [0.2, 0.25) is 0 Å². The van der Waals surface area contributed by atoms with Gasteiger partial charge in [0.05, 0.1) is 0 Å². The van der Waals surface area contributed by atoms with Gasteiger partial charge in [0.15, 0.2) is 5.65 Å². The van der Waals surface area contributed by atoms with Gasteiger partial charge in [0, 0.05) is 38.3 Å². The number of likely N-dealkylation sites (tertiary alicyclic amines) is 1. The Morgan fingerprint density at radius 1 is 1.38 bits per heavy atom. The maximum atomic E-state index is 12.1. The van der Waals surface area contributed by atoms with Gasteiger partial charge in [-0.25, -0.2) is 14.8 Å². The standard InChI is InChI=1S/C18H25N5O/c1-2-19-18(24)22-10-4-5-13(11-22)12-23-16(14-7-8-14)21-15-6-3-9-20-17(15)23/h3,6,9,13-14H,2,4-5,7-8,10-12H2,1H3,(H,19,24). The van der Waals surface area contributed by atoms with Gasteiger partial charge >= 0.3 is 6.03 Å². The van der Waals surface area contributed by atoms with E-state index in [-0.39, 0.29) is 6.03 Å². The number of amides is 2. The van der Waals surface area contributed by atoms with Crippen LogP contribution in [0.4, 0.5) is 4.79 Å². The lowest BCUT2D eigenvalue weighted by Gasteiger charge is -2.33. The Bertz CT molecular complexity index is 736. The summed E-state index contributed by atoms with van der Waals surface area (Å²) < 4.78 is 2.32. The molecule has 2 aromatic heterocycles. The number of fused-ring (bicyclic) bond motifs is 1. The van der Waals surface area contributed by atoms with Crippen LogP contribution in [0.1, 0.15) is 44.3 Å². The molecule has 0 aromatic carbocycles. The molecular formula is C18H25N5O. The second-order valence-electron chi connectivity index (χ2n) is 6.99. The molecule has 0 bridgehead atoms. The van der Waals surface area contributed by atoms with E-state index < -0.39 is 0 Å². The zero-order valence-electron chi connectivity index (χ0n) is 14.2. The highest BCUT2D eigenvalue weighted by Gasteiger charge is 2.31. The predicted molar refractivity (Wildman–Crippen MR) is 92.9 cm³/mol. The Morgan fingerprint density at radius 3 is 3.04 bits per heavy atom. The van der Waals surface area contributed by atoms with Crippen LogP contribution in [0.25, 0.3) is 11.2 Å². The first-order valence-electron chi connectivity index (χ1n) is 9.10. The molecule has 24 heavy (non-hydrogen) atoms. The molecule has 1 atom stereocenters. The van der Waals surface area contributed by atoms with E-state index in [1.54, 1.807) is 0 Å². The summed E-state index contributed by atoms with van der Waals surface area (Å²) in [5, 5.41) is 2.92. The van der Waals surface area contributed by atoms with E-state index in [4.69, 9.17) is 4.98 Å². The average Bonchev–Trinajstić information content (AvgIpc) is 3.39. The van der Waals surface area contributed by atoms with E-state index in [2.05, 4.69) is 14.9 Å². The highest BCUT2D eigenvalue weighted by Crippen LogP contribution is 2.40. The molecule has 1 saturated heterocycles. The molecule has 0 radical (unpaired) electrons. The monoisotopic (exact) mass is 327 g/mol. The molecule has 2 fully saturated rings. The predicted octanol–water partition coefficient (Wildman–Crippen LogP) is 2.75. The minimum Gasteiger partial charge on any atom is -0.338 e. The van der Waals surface area contributed by atoms with E-state index in [1.165, 1.54) is 18.7 Å². The third kappa shape index (κ3) is 2.97. The second kappa shape index (κ2) is 6.42. The third-order valence-corrected chi connectivity index (χ3v) is 5.05. The Hall–Kier alpha value is -2.11. The van der Waals surface area contributed by atoms with E-state index in [0.29, 0.717) is 18.4 Å². The molecule has 0 spiro atoms. The van der Waals surface area contributed by atoms with Crippen molar-refractivity contribution in [2.45, 2.75) is 45.1 Å². The number of hydrogen-bond acceptors (Lipinski definition) is 3. The molecule has 2 amide bonds. The van der Waals surface area contributed by atoms with Crippen molar-refractivity contribution < 1.29 is 4.79 Å². The molecule has 2 aliphatic rings. The van der Waals surface area contributed by atoms with Crippen LogP contribution in [0.15, 0.2) is 18.3 Å². The van der Waals surface area contributed by atoms with Crippen LogP contribution in [0, 0.1) is 5.92 Å². The molecule has 1 aliphatic carbocycles. The zero-order chi connectivity index (χ0) is 16.5. The molecule has 1 saturated carbocycles. The number of rotatable bonds is 4. The van der Waals surface area contributed by atoms with Gasteiger partial charge in [0.2, 0.25) is 0 Å². The summed E-state index contributed by atoms with van der Waals surface area (Å²) in [5.74, 6) is 2.26. The van der Waals surface area contributed by atoms with Crippen molar-refractivity contribution in [3.8, 4) is 0 Å². The molecular weight excluding hydrogens is 302 g/mol. The molecule has 4 rings (SSSR count). The smallest absolute Gasteiger partial charge is 0.317 e. The molecule has 1 aliphatic heterocycles. The number of aromatic nitrogens is 3. The number of urea groups is 1. The minimum absolute atomic E-state index is 0.0678. The number of imidazole rings is 1. The largest absolute Gasteiger partial charge is 0.338 e. The maximum absolute atomic E-state index is 12.1. The summed E-state index contributed by atoms with van der Waals surface area (Å²) >= 11 is 0. The number of hydrogen-bond donors (Lipinski definition) is 1. The second-order valence-corrected chi connectivity index (χ2v) is 6.99. The molecule has 128 valence electrons. The molecule has 6 heteroatoms. The number of pyridine rings is 1. The fourth-order valence-corrected chi connectivity index (χ4v) is 3.73. The number of carbonyl (C=O) groups is 1. The Labute approximate surface area is 142 Å². The first-order valence-corrected chi connectivity index (χ1v) is 9.10. The van der Waals surface area contributed by atoms with Crippen molar-refractivity contribution in [3.05, 3.63) is 24.2 Å². The lowest BCUT2D eigenvalue weighted by Crippen LogP contribution is -2.46. The molecule has 1 unspecified atom stereocenters. The summed E-state index contributed by atoms with van der Waals surface area (Å²) in [5.41, 5.74) is 1.99. The van der Waals surface area contributed by atoms with Crippen LogP contribution in [-0.4, -0.2) is 45.1 Å². The topological polar surface area (TPSA) is 63.1 Å². The maximum Gasteiger partial charge on any atom is 0.317 e. The highest BCUT2D eigenvalue weighted by atomic mass is 16.2. The van der Waals surface area contributed by atoms with Crippen LogP contribution < -0.4 is 5.32 Å². The van der Waals surface area contributed by atoms with Crippen molar-refractivity contribution in [3.63, 3.8) is 0 Å². The van der Waals surface area contributed by atoms with E-state index in [9.17, 15) is 4.79 Å². The van der Waals surface area contributed by atoms with E-state index in [1.807, 2.05) is 30.2 Å². The van der Waals surface area contributed by atoms with Crippen LogP contribution >= 0.6 is 0 Å². The van der Waals surface area contributed by atoms with Gasteiger partial charge in [-0.05, 0) is 50.7 Å². The fraction of sp³-hybridized carbons (Fsp3) is 0.611. The third-order valence-electron chi connectivity index (χ3n) is 5.05. The van der Waals surface area contributed by atoms with Gasteiger partial charge in [0.1, 0.15) is 11.3 Å². The molecule has 1 N–H and O–H groups in total. The van der Waals surface area contributed by atoms with E-state index in [0.717, 1.165) is 43.6 Å². The Kier molecular flexibility index (Phi) is 4.12. The van der Waals surface area contributed by atoms with Gasteiger partial charge in [-0.2, -0.15) is 0 Å². The minimum atomic E-state index is 0.0678. The first-order chi connectivity index (χ1) is 11.8. The quantitative estimate of drug-likeness (QED) is 0.939. The van der Waals surface area contributed by atoms with Crippen molar-refractivity contribution >= 4 is 17.2 Å². The number of nitrogens with zero attached hydrogens (tertiary/aromatic N) is 4. The molecule has 6 nitrogen and oxygen atoms in total. The lowest BCUT2D eigenvalue weighted by atomic mass is 9.98. The Morgan fingerprint density at radius 2 is 2.25 bits per heavy atom. The van der Waals surface area contributed by atoms with Crippen molar-refractivity contribution in [2.75, 3.05) is 19.6 Å².